The SMILES string of the molecule is BBP(c1ccccc1)c1ccccc1. The zero-order valence-corrected chi connectivity index (χ0v) is 9.82. The van der Waals surface area contributed by atoms with E-state index in [1.807, 2.05) is 0 Å². The van der Waals surface area contributed by atoms with Crippen LogP contribution in [0.15, 0.2) is 60.7 Å². The third kappa shape index (κ3) is 2.52. The Morgan fingerprint density at radius 3 is 1.47 bits per heavy atom. The minimum absolute atomic E-state index is 0.149. The molecule has 0 fully saturated rings. The van der Waals surface area contributed by atoms with Gasteiger partial charge in [0.05, 0.1) is 7.74 Å². The molecule has 0 aliphatic rings. The van der Waals surface area contributed by atoms with Gasteiger partial charge in [-0.1, -0.05) is 68.5 Å². The summed E-state index contributed by atoms with van der Waals surface area (Å²) in [5.41, 5.74) is 0. The molecule has 0 aliphatic carbocycles. The molecular formula is C12H13B2P. The summed E-state index contributed by atoms with van der Waals surface area (Å²) in [5.74, 6) is 0. The first-order chi connectivity index (χ1) is 7.42. The number of hydrogen-bond acceptors (Lipinski definition) is 0. The molecule has 0 atom stereocenters. The van der Waals surface area contributed by atoms with Crippen molar-refractivity contribution in [2.24, 2.45) is 0 Å². The molecule has 15 heavy (non-hydrogen) atoms. The lowest BCUT2D eigenvalue weighted by atomic mass is 9.79. The van der Waals surface area contributed by atoms with E-state index in [0.29, 0.717) is 0 Å². The molecule has 3 heteroatoms. The molecule has 2 rings (SSSR count). The minimum atomic E-state index is -0.149. The van der Waals surface area contributed by atoms with Crippen molar-refractivity contribution < 1.29 is 0 Å². The summed E-state index contributed by atoms with van der Waals surface area (Å²) in [6.07, 6.45) is 0. The van der Waals surface area contributed by atoms with Crippen LogP contribution in [0, 0.1) is 0 Å². The van der Waals surface area contributed by atoms with Gasteiger partial charge < -0.3 is 0 Å². The maximum atomic E-state index is 2.27. The molecule has 2 aromatic rings. The highest BCUT2D eigenvalue weighted by Gasteiger charge is 2.09. The molecule has 2 aromatic carbocycles. The molecule has 0 radical (unpaired) electrons. The predicted molar refractivity (Wildman–Crippen MR) is 74.8 cm³/mol. The average Bonchev–Trinajstić information content (AvgIpc) is 2.33. The summed E-state index contributed by atoms with van der Waals surface area (Å²) in [5, 5.41) is 2.95. The van der Waals surface area contributed by atoms with E-state index in [4.69, 9.17) is 0 Å². The second-order valence-corrected chi connectivity index (χ2v) is 5.94. The maximum absolute atomic E-state index is 2.27. The minimum Gasteiger partial charge on any atom is -0.0929 e. The zero-order chi connectivity index (χ0) is 10.5. The van der Waals surface area contributed by atoms with Gasteiger partial charge in [-0.15, -0.1) is 0 Å². The highest BCUT2D eigenvalue weighted by molar-refractivity contribution is 8.02. The summed E-state index contributed by atoms with van der Waals surface area (Å²) in [7, 11) is 2.12. The van der Waals surface area contributed by atoms with E-state index in [9.17, 15) is 0 Å². The summed E-state index contributed by atoms with van der Waals surface area (Å²) in [6.45, 7) is 1.21. The largest absolute Gasteiger partial charge is 0.125 e. The lowest BCUT2D eigenvalue weighted by Gasteiger charge is -2.16. The second kappa shape index (κ2) is 5.19. The van der Waals surface area contributed by atoms with Crippen molar-refractivity contribution in [1.29, 1.82) is 0 Å². The molecule has 0 nitrogen and oxygen atoms in total. The Morgan fingerprint density at radius 2 is 1.13 bits per heavy atom. The Morgan fingerprint density at radius 1 is 0.733 bits per heavy atom. The Balaban J connectivity index is 2.34. The summed E-state index contributed by atoms with van der Waals surface area (Å²) < 4.78 is 0. The monoisotopic (exact) mass is 210 g/mol. The number of hydrogen-bond donors (Lipinski definition) is 0. The first kappa shape index (κ1) is 10.5. The average molecular weight is 210 g/mol. The van der Waals surface area contributed by atoms with E-state index >= 15 is 0 Å². The van der Waals surface area contributed by atoms with Crippen LogP contribution < -0.4 is 10.6 Å². The maximum Gasteiger partial charge on any atom is 0.125 e. The van der Waals surface area contributed by atoms with E-state index in [-0.39, 0.29) is 7.80 Å². The molecule has 0 amide bonds. The fourth-order valence-corrected chi connectivity index (χ4v) is 3.82. The lowest BCUT2D eigenvalue weighted by Crippen LogP contribution is -2.15. The third-order valence-electron chi connectivity index (χ3n) is 2.45. The van der Waals surface area contributed by atoms with Gasteiger partial charge >= 0.3 is 0 Å². The van der Waals surface area contributed by atoms with Crippen LogP contribution >= 0.6 is 7.80 Å². The molecular weight excluding hydrogens is 197 g/mol. The summed E-state index contributed by atoms with van der Waals surface area (Å²) >= 11 is 0. The fourth-order valence-electron chi connectivity index (χ4n) is 1.73. The third-order valence-corrected chi connectivity index (χ3v) is 4.93. The fraction of sp³-hybridized carbons (Fsp3) is 0. The van der Waals surface area contributed by atoms with Crippen molar-refractivity contribution in [3.8, 4) is 0 Å². The molecule has 0 heterocycles. The first-order valence-corrected chi connectivity index (χ1v) is 6.82. The lowest BCUT2D eigenvalue weighted by molar-refractivity contribution is 1.76. The molecule has 0 bridgehead atoms. The van der Waals surface area contributed by atoms with Crippen molar-refractivity contribution in [2.45, 2.75) is 0 Å². The van der Waals surface area contributed by atoms with Crippen LogP contribution in [0.1, 0.15) is 0 Å². The van der Waals surface area contributed by atoms with E-state index in [2.05, 4.69) is 68.4 Å². The second-order valence-electron chi connectivity index (χ2n) is 3.42. The van der Waals surface area contributed by atoms with E-state index in [0.717, 1.165) is 0 Å². The highest BCUT2D eigenvalue weighted by atomic mass is 31.1. The topological polar surface area (TPSA) is 0 Å². The quantitative estimate of drug-likeness (QED) is 0.523. The Hall–Kier alpha value is -1.00. The van der Waals surface area contributed by atoms with Gasteiger partial charge in [-0.25, -0.2) is 0 Å². The van der Waals surface area contributed by atoms with Gasteiger partial charge in [0, 0.05) is 0 Å². The normalized spacial score (nSPS) is 10.2. The van der Waals surface area contributed by atoms with Gasteiger partial charge in [-0.05, 0) is 10.6 Å². The Labute approximate surface area is 94.1 Å². The summed E-state index contributed by atoms with van der Waals surface area (Å²) in [6, 6.07) is 21.6. The predicted octanol–water partition coefficient (Wildman–Crippen LogP) is 1.02. The van der Waals surface area contributed by atoms with Crippen LogP contribution in [0.4, 0.5) is 0 Å². The van der Waals surface area contributed by atoms with Crippen molar-refractivity contribution in [2.75, 3.05) is 0 Å². The molecule has 0 saturated heterocycles. The molecule has 0 N–H and O–H groups in total. The molecule has 0 unspecified atom stereocenters. The summed E-state index contributed by atoms with van der Waals surface area (Å²) in [4.78, 5) is 0. The molecule has 72 valence electrons. The molecule has 0 spiro atoms. The molecule has 0 aliphatic heterocycles. The van der Waals surface area contributed by atoms with Gasteiger partial charge in [-0.3, -0.25) is 0 Å². The smallest absolute Gasteiger partial charge is 0.0929 e. The van der Waals surface area contributed by atoms with E-state index in [1.54, 1.807) is 0 Å². The van der Waals surface area contributed by atoms with Gasteiger partial charge in [0.2, 0.25) is 0 Å². The van der Waals surface area contributed by atoms with Crippen molar-refractivity contribution in [3.05, 3.63) is 60.7 Å². The van der Waals surface area contributed by atoms with Gasteiger partial charge in [0.1, 0.15) is 6.89 Å². The van der Waals surface area contributed by atoms with Gasteiger partial charge in [0.25, 0.3) is 0 Å². The van der Waals surface area contributed by atoms with E-state index < -0.39 is 0 Å². The van der Waals surface area contributed by atoms with Crippen LogP contribution in [0.5, 0.6) is 0 Å². The zero-order valence-electron chi connectivity index (χ0n) is 8.93. The van der Waals surface area contributed by atoms with Crippen LogP contribution in [0.3, 0.4) is 0 Å². The van der Waals surface area contributed by atoms with Crippen LogP contribution in [0.2, 0.25) is 0 Å². The van der Waals surface area contributed by atoms with Crippen LogP contribution in [-0.4, -0.2) is 14.6 Å². The van der Waals surface area contributed by atoms with E-state index in [1.165, 1.54) is 17.5 Å². The molecule has 0 saturated carbocycles. The standard InChI is InChI=1S/C12H13B2P/c13-14-15(11-7-3-1-4-8-11)12-9-5-2-6-10-12/h1-10,14H,13H2. The van der Waals surface area contributed by atoms with Crippen molar-refractivity contribution in [3.63, 3.8) is 0 Å². The van der Waals surface area contributed by atoms with Crippen LogP contribution in [-0.2, 0) is 0 Å². The Kier molecular flexibility index (Phi) is 3.64. The van der Waals surface area contributed by atoms with Crippen LogP contribution in [0.25, 0.3) is 0 Å². The van der Waals surface area contributed by atoms with Crippen molar-refractivity contribution in [1.82, 2.24) is 0 Å². The molecule has 0 aromatic heterocycles. The first-order valence-electron chi connectivity index (χ1n) is 5.29. The van der Waals surface area contributed by atoms with Gasteiger partial charge in [-0.2, -0.15) is 0 Å². The number of benzene rings is 2. The highest BCUT2D eigenvalue weighted by Crippen LogP contribution is 2.29. The Bertz CT molecular complexity index is 363. The number of rotatable bonds is 3. The van der Waals surface area contributed by atoms with Gasteiger partial charge in [0.15, 0.2) is 0 Å². The van der Waals surface area contributed by atoms with Crippen molar-refractivity contribution >= 4 is 33.0 Å².